The molecule has 0 heterocycles. The first-order valence-electron chi connectivity index (χ1n) is 6.13. The third kappa shape index (κ3) is 2.71. The van der Waals surface area contributed by atoms with Crippen molar-refractivity contribution in [2.24, 2.45) is 0 Å². The quantitative estimate of drug-likeness (QED) is 0.674. The van der Waals surface area contributed by atoms with Crippen molar-refractivity contribution in [3.05, 3.63) is 48.0 Å². The Morgan fingerprint density at radius 3 is 2.41 bits per heavy atom. The maximum atomic E-state index is 3.67. The third-order valence-corrected chi connectivity index (χ3v) is 3.63. The van der Waals surface area contributed by atoms with Crippen LogP contribution in [0.2, 0.25) is 0 Å². The normalized spacial score (nSPS) is 13.9. The zero-order valence-corrected chi connectivity index (χ0v) is 12.3. The number of rotatable bonds is 3. The second-order valence-corrected chi connectivity index (χ2v) is 6.96. The molecule has 0 radical (unpaired) electrons. The topological polar surface area (TPSA) is 0 Å². The Kier molecular flexibility index (Phi) is 3.58. The van der Waals surface area contributed by atoms with Gasteiger partial charge in [0.15, 0.2) is 0 Å². The average molecular weight is 291 g/mol. The number of hydrogen-bond acceptors (Lipinski definition) is 0. The molecule has 0 bridgehead atoms. The van der Waals surface area contributed by atoms with E-state index in [1.54, 1.807) is 0 Å². The molecule has 1 atom stereocenters. The summed E-state index contributed by atoms with van der Waals surface area (Å²) in [6.45, 7) is 6.87. The first-order chi connectivity index (χ1) is 8.00. The minimum absolute atomic E-state index is 0.198. The highest BCUT2D eigenvalue weighted by Crippen LogP contribution is 2.35. The van der Waals surface area contributed by atoms with E-state index in [1.165, 1.54) is 16.3 Å². The summed E-state index contributed by atoms with van der Waals surface area (Å²) in [5.74, 6) is 0. The van der Waals surface area contributed by atoms with E-state index >= 15 is 0 Å². The number of halogens is 1. The molecule has 0 aliphatic carbocycles. The van der Waals surface area contributed by atoms with Gasteiger partial charge in [0.2, 0.25) is 0 Å². The second-order valence-electron chi connectivity index (χ2n) is 5.40. The van der Waals surface area contributed by atoms with Gasteiger partial charge < -0.3 is 0 Å². The van der Waals surface area contributed by atoms with Crippen LogP contribution in [-0.4, -0.2) is 4.83 Å². The van der Waals surface area contributed by atoms with Gasteiger partial charge in [-0.25, -0.2) is 0 Å². The smallest absolute Gasteiger partial charge is 0.0125 e. The standard InChI is InChI=1S/C16H19Br/c1-12(17)11-16(2,3)15-10-6-8-13-7-4-5-9-14(13)15/h4-10,12H,11H2,1-3H3. The van der Waals surface area contributed by atoms with Crippen molar-refractivity contribution < 1.29 is 0 Å². The van der Waals surface area contributed by atoms with Crippen molar-refractivity contribution in [1.29, 1.82) is 0 Å². The lowest BCUT2D eigenvalue weighted by Gasteiger charge is -2.28. The minimum atomic E-state index is 0.198. The number of alkyl halides is 1. The van der Waals surface area contributed by atoms with E-state index in [0.717, 1.165) is 6.42 Å². The molecule has 1 heteroatoms. The van der Waals surface area contributed by atoms with Crippen LogP contribution in [-0.2, 0) is 5.41 Å². The lowest BCUT2D eigenvalue weighted by Crippen LogP contribution is -2.21. The Balaban J connectivity index is 2.55. The molecule has 17 heavy (non-hydrogen) atoms. The van der Waals surface area contributed by atoms with Crippen LogP contribution in [0.25, 0.3) is 10.8 Å². The maximum absolute atomic E-state index is 3.67. The molecule has 0 amide bonds. The van der Waals surface area contributed by atoms with Crippen molar-refractivity contribution in [1.82, 2.24) is 0 Å². The Hall–Kier alpha value is -0.820. The molecule has 0 saturated carbocycles. The van der Waals surface area contributed by atoms with E-state index in [2.05, 4.69) is 79.2 Å². The van der Waals surface area contributed by atoms with E-state index in [0.29, 0.717) is 4.83 Å². The van der Waals surface area contributed by atoms with Gasteiger partial charge >= 0.3 is 0 Å². The molecular weight excluding hydrogens is 272 g/mol. The van der Waals surface area contributed by atoms with Crippen LogP contribution in [0.3, 0.4) is 0 Å². The molecule has 0 aromatic heterocycles. The van der Waals surface area contributed by atoms with Crippen LogP contribution in [0.1, 0.15) is 32.8 Å². The number of fused-ring (bicyclic) bond motifs is 1. The summed E-state index contributed by atoms with van der Waals surface area (Å²) in [6, 6.07) is 15.3. The fourth-order valence-corrected chi connectivity index (χ4v) is 3.44. The predicted molar refractivity (Wildman–Crippen MR) is 80.0 cm³/mol. The molecule has 0 fully saturated rings. The first kappa shape index (κ1) is 12.6. The second kappa shape index (κ2) is 4.81. The van der Waals surface area contributed by atoms with E-state index in [-0.39, 0.29) is 5.41 Å². The average Bonchev–Trinajstić information content (AvgIpc) is 2.26. The number of hydrogen-bond donors (Lipinski definition) is 0. The van der Waals surface area contributed by atoms with Crippen LogP contribution >= 0.6 is 15.9 Å². The fraction of sp³-hybridized carbons (Fsp3) is 0.375. The minimum Gasteiger partial charge on any atom is -0.0893 e. The molecule has 0 saturated heterocycles. The van der Waals surface area contributed by atoms with Crippen LogP contribution in [0, 0.1) is 0 Å². The molecule has 0 spiro atoms. The predicted octanol–water partition coefficient (Wildman–Crippen LogP) is 5.29. The van der Waals surface area contributed by atoms with Crippen molar-refractivity contribution >= 4 is 26.7 Å². The van der Waals surface area contributed by atoms with Crippen LogP contribution in [0.4, 0.5) is 0 Å². The summed E-state index contributed by atoms with van der Waals surface area (Å²) in [5.41, 5.74) is 1.64. The van der Waals surface area contributed by atoms with Gasteiger partial charge in [-0.05, 0) is 28.2 Å². The fourth-order valence-electron chi connectivity index (χ4n) is 2.63. The van der Waals surface area contributed by atoms with Gasteiger partial charge in [0, 0.05) is 4.83 Å². The van der Waals surface area contributed by atoms with Crippen molar-refractivity contribution in [2.45, 2.75) is 37.4 Å². The molecular formula is C16H19Br. The highest BCUT2D eigenvalue weighted by Gasteiger charge is 2.24. The van der Waals surface area contributed by atoms with Crippen molar-refractivity contribution in [3.8, 4) is 0 Å². The first-order valence-corrected chi connectivity index (χ1v) is 7.04. The molecule has 2 rings (SSSR count). The Morgan fingerprint density at radius 2 is 1.71 bits per heavy atom. The van der Waals surface area contributed by atoms with Crippen LogP contribution in [0.15, 0.2) is 42.5 Å². The summed E-state index contributed by atoms with van der Waals surface area (Å²) in [7, 11) is 0. The lowest BCUT2D eigenvalue weighted by molar-refractivity contribution is 0.486. The highest BCUT2D eigenvalue weighted by atomic mass is 79.9. The zero-order valence-electron chi connectivity index (χ0n) is 10.7. The van der Waals surface area contributed by atoms with Gasteiger partial charge in [-0.1, -0.05) is 79.2 Å². The van der Waals surface area contributed by atoms with E-state index in [4.69, 9.17) is 0 Å². The van der Waals surface area contributed by atoms with Gasteiger partial charge in [-0.3, -0.25) is 0 Å². The van der Waals surface area contributed by atoms with Crippen molar-refractivity contribution in [2.75, 3.05) is 0 Å². The number of benzene rings is 2. The van der Waals surface area contributed by atoms with Gasteiger partial charge in [0.05, 0.1) is 0 Å². The van der Waals surface area contributed by atoms with Gasteiger partial charge in [0.25, 0.3) is 0 Å². The van der Waals surface area contributed by atoms with Gasteiger partial charge in [0.1, 0.15) is 0 Å². The highest BCUT2D eigenvalue weighted by molar-refractivity contribution is 9.09. The molecule has 0 aliphatic rings. The van der Waals surface area contributed by atoms with E-state index in [1.807, 2.05) is 0 Å². The SMILES string of the molecule is CC(Br)CC(C)(C)c1cccc2ccccc12. The Labute approximate surface area is 112 Å². The largest absolute Gasteiger partial charge is 0.0893 e. The third-order valence-electron chi connectivity index (χ3n) is 3.31. The Bertz CT molecular complexity index is 506. The van der Waals surface area contributed by atoms with Gasteiger partial charge in [-0.2, -0.15) is 0 Å². The van der Waals surface area contributed by atoms with E-state index in [9.17, 15) is 0 Å². The molecule has 90 valence electrons. The van der Waals surface area contributed by atoms with Crippen LogP contribution < -0.4 is 0 Å². The molecule has 0 nitrogen and oxygen atoms in total. The summed E-state index contributed by atoms with van der Waals surface area (Å²) >= 11 is 3.67. The Morgan fingerprint density at radius 1 is 1.06 bits per heavy atom. The lowest BCUT2D eigenvalue weighted by atomic mass is 9.78. The summed E-state index contributed by atoms with van der Waals surface area (Å²) in [6.07, 6.45) is 1.14. The van der Waals surface area contributed by atoms with E-state index < -0.39 is 0 Å². The zero-order chi connectivity index (χ0) is 12.5. The molecule has 2 aromatic carbocycles. The summed E-state index contributed by atoms with van der Waals surface area (Å²) in [5, 5.41) is 2.72. The molecule has 2 aromatic rings. The molecule has 0 aliphatic heterocycles. The maximum Gasteiger partial charge on any atom is 0.0125 e. The summed E-state index contributed by atoms with van der Waals surface area (Å²) in [4.78, 5) is 0.538. The monoisotopic (exact) mass is 290 g/mol. The summed E-state index contributed by atoms with van der Waals surface area (Å²) < 4.78 is 0. The van der Waals surface area contributed by atoms with Crippen molar-refractivity contribution in [3.63, 3.8) is 0 Å². The molecule has 1 unspecified atom stereocenters. The van der Waals surface area contributed by atoms with Gasteiger partial charge in [-0.15, -0.1) is 0 Å². The molecule has 0 N–H and O–H groups in total. The van der Waals surface area contributed by atoms with Crippen LogP contribution in [0.5, 0.6) is 0 Å².